The maximum absolute atomic E-state index is 10.2. The highest BCUT2D eigenvalue weighted by Crippen LogP contribution is 1.82. The van der Waals surface area contributed by atoms with Gasteiger partial charge in [-0.3, -0.25) is 4.79 Å². The van der Waals surface area contributed by atoms with E-state index in [-0.39, 0.29) is 12.5 Å². The normalized spacial score (nSPS) is 12.8. The summed E-state index contributed by atoms with van der Waals surface area (Å²) in [6.07, 6.45) is 2.80. The van der Waals surface area contributed by atoms with Crippen molar-refractivity contribution in [2.45, 2.75) is 6.04 Å². The van der Waals surface area contributed by atoms with Gasteiger partial charge in [-0.25, -0.2) is 4.99 Å². The first-order valence-corrected chi connectivity index (χ1v) is 3.24. The first kappa shape index (κ1) is 10.4. The van der Waals surface area contributed by atoms with Gasteiger partial charge >= 0.3 is 5.97 Å². The van der Waals surface area contributed by atoms with Gasteiger partial charge < -0.3 is 22.3 Å². The maximum Gasteiger partial charge on any atom is 0.324 e. The van der Waals surface area contributed by atoms with Crippen LogP contribution < -0.4 is 17.2 Å². The minimum atomic E-state index is -1.09. The molecule has 0 amide bonds. The van der Waals surface area contributed by atoms with Crippen molar-refractivity contribution < 1.29 is 9.90 Å². The highest BCUT2D eigenvalue weighted by molar-refractivity contribution is 5.76. The summed E-state index contributed by atoms with van der Waals surface area (Å²) < 4.78 is 0. The Morgan fingerprint density at radius 2 is 2.17 bits per heavy atom. The summed E-state index contributed by atoms with van der Waals surface area (Å²) in [6, 6.07) is -1.00. The summed E-state index contributed by atoms with van der Waals surface area (Å²) in [7, 11) is 0. The van der Waals surface area contributed by atoms with E-state index in [4.69, 9.17) is 22.3 Å². The second-order valence-corrected chi connectivity index (χ2v) is 2.06. The van der Waals surface area contributed by atoms with Crippen LogP contribution in [0.2, 0.25) is 0 Å². The van der Waals surface area contributed by atoms with Gasteiger partial charge in [0.05, 0.1) is 6.54 Å². The summed E-state index contributed by atoms with van der Waals surface area (Å²) in [5, 5.41) is 8.33. The Balaban J connectivity index is 3.77. The number of carboxylic acid groups (broad SMARTS) is 1. The Morgan fingerprint density at radius 3 is 2.58 bits per heavy atom. The van der Waals surface area contributed by atoms with E-state index >= 15 is 0 Å². The van der Waals surface area contributed by atoms with Crippen molar-refractivity contribution in [3.63, 3.8) is 0 Å². The van der Waals surface area contributed by atoms with Crippen LogP contribution in [0, 0.1) is 0 Å². The Morgan fingerprint density at radius 1 is 1.58 bits per heavy atom. The third-order valence-electron chi connectivity index (χ3n) is 1.01. The van der Waals surface area contributed by atoms with E-state index in [1.54, 1.807) is 0 Å². The Bertz CT molecular complexity index is 208. The zero-order valence-corrected chi connectivity index (χ0v) is 6.47. The molecule has 6 heteroatoms. The molecule has 12 heavy (non-hydrogen) atoms. The van der Waals surface area contributed by atoms with Crippen LogP contribution in [-0.4, -0.2) is 29.6 Å². The van der Waals surface area contributed by atoms with Gasteiger partial charge in [-0.15, -0.1) is 0 Å². The molecule has 0 saturated carbocycles. The average molecular weight is 172 g/mol. The monoisotopic (exact) mass is 172 g/mol. The van der Waals surface area contributed by atoms with Gasteiger partial charge in [-0.05, 0) is 0 Å². The van der Waals surface area contributed by atoms with E-state index in [0.717, 1.165) is 0 Å². The predicted molar refractivity (Wildman–Crippen MR) is 45.4 cm³/mol. The molecule has 0 bridgehead atoms. The molecule has 7 N–H and O–H groups in total. The van der Waals surface area contributed by atoms with Gasteiger partial charge in [-0.1, -0.05) is 12.2 Å². The highest BCUT2D eigenvalue weighted by atomic mass is 16.4. The van der Waals surface area contributed by atoms with Crippen molar-refractivity contribution in [2.75, 3.05) is 6.54 Å². The lowest BCUT2D eigenvalue weighted by atomic mass is 10.3. The average Bonchev–Trinajstić information content (AvgIpc) is 1.97. The molecule has 0 radical (unpaired) electrons. The molecule has 0 aromatic rings. The van der Waals surface area contributed by atoms with E-state index in [1.165, 1.54) is 12.2 Å². The molecule has 0 unspecified atom stereocenters. The van der Waals surface area contributed by atoms with Crippen LogP contribution in [0.25, 0.3) is 0 Å². The molecule has 0 aliphatic carbocycles. The first-order valence-electron chi connectivity index (χ1n) is 3.24. The third kappa shape index (κ3) is 5.24. The Hall–Kier alpha value is -1.56. The quantitative estimate of drug-likeness (QED) is 0.226. The van der Waals surface area contributed by atoms with Gasteiger partial charge in [0, 0.05) is 0 Å². The van der Waals surface area contributed by atoms with Gasteiger partial charge in [0.2, 0.25) is 0 Å². The maximum atomic E-state index is 10.2. The number of hydrogen-bond acceptors (Lipinski definition) is 3. The predicted octanol–water partition coefficient (Wildman–Crippen LogP) is -1.77. The minimum Gasteiger partial charge on any atom is -0.480 e. The molecule has 0 saturated heterocycles. The molecule has 0 aliphatic heterocycles. The number of nitrogens with two attached hydrogens (primary N) is 3. The van der Waals surface area contributed by atoms with Crippen molar-refractivity contribution in [1.29, 1.82) is 0 Å². The zero-order valence-electron chi connectivity index (χ0n) is 6.47. The van der Waals surface area contributed by atoms with Gasteiger partial charge in [0.15, 0.2) is 5.96 Å². The summed E-state index contributed by atoms with van der Waals surface area (Å²) in [5.41, 5.74) is 15.2. The largest absolute Gasteiger partial charge is 0.480 e. The summed E-state index contributed by atoms with van der Waals surface area (Å²) in [5.74, 6) is -1.13. The fourth-order valence-electron chi connectivity index (χ4n) is 0.448. The lowest BCUT2D eigenvalue weighted by Crippen LogP contribution is -2.27. The van der Waals surface area contributed by atoms with Gasteiger partial charge in [0.1, 0.15) is 6.04 Å². The van der Waals surface area contributed by atoms with Gasteiger partial charge in [-0.2, -0.15) is 0 Å². The number of hydrogen-bond donors (Lipinski definition) is 4. The molecule has 0 aromatic carbocycles. The summed E-state index contributed by atoms with van der Waals surface area (Å²) in [6.45, 7) is 0.239. The minimum absolute atomic E-state index is 0.0384. The zero-order chi connectivity index (χ0) is 9.56. The molecular formula is C6H12N4O2. The number of rotatable bonds is 4. The molecule has 1 atom stereocenters. The number of carboxylic acids is 1. The Kier molecular flexibility index (Phi) is 4.47. The fraction of sp³-hybridized carbons (Fsp3) is 0.333. The second kappa shape index (κ2) is 5.14. The van der Waals surface area contributed by atoms with Crippen LogP contribution in [0.5, 0.6) is 0 Å². The third-order valence-corrected chi connectivity index (χ3v) is 1.01. The molecule has 0 fully saturated rings. The van der Waals surface area contributed by atoms with Crippen LogP contribution in [0.3, 0.4) is 0 Å². The number of aliphatic imine (C=N–C) groups is 1. The smallest absolute Gasteiger partial charge is 0.324 e. The second-order valence-electron chi connectivity index (χ2n) is 2.06. The molecule has 0 rings (SSSR count). The van der Waals surface area contributed by atoms with Crippen LogP contribution in [0.4, 0.5) is 0 Å². The van der Waals surface area contributed by atoms with Crippen LogP contribution >= 0.6 is 0 Å². The standard InChI is InChI=1S/C6H12N4O2/c7-4(5(11)12)2-1-3-10-6(8)9/h1-2,4H,3,7H2,(H,11,12)(H4,8,9,10)/t4-/m0/s1. The van der Waals surface area contributed by atoms with E-state index in [0.29, 0.717) is 0 Å². The molecule has 0 heterocycles. The molecule has 0 aromatic heterocycles. The van der Waals surface area contributed by atoms with E-state index in [1.807, 2.05) is 0 Å². The first-order chi connectivity index (χ1) is 5.54. The number of aliphatic carboxylic acids is 1. The fourth-order valence-corrected chi connectivity index (χ4v) is 0.448. The van der Waals surface area contributed by atoms with E-state index in [2.05, 4.69) is 4.99 Å². The van der Waals surface area contributed by atoms with Crippen molar-refractivity contribution in [1.82, 2.24) is 0 Å². The Labute approximate surface area is 69.7 Å². The summed E-state index contributed by atoms with van der Waals surface area (Å²) in [4.78, 5) is 13.8. The van der Waals surface area contributed by atoms with Crippen LogP contribution in [-0.2, 0) is 4.79 Å². The van der Waals surface area contributed by atoms with Crippen molar-refractivity contribution >= 4 is 11.9 Å². The van der Waals surface area contributed by atoms with E-state index in [9.17, 15) is 4.79 Å². The number of carbonyl (C=O) groups is 1. The van der Waals surface area contributed by atoms with Gasteiger partial charge in [0.25, 0.3) is 0 Å². The molecular weight excluding hydrogens is 160 g/mol. The summed E-state index contributed by atoms with van der Waals surface area (Å²) >= 11 is 0. The van der Waals surface area contributed by atoms with E-state index < -0.39 is 12.0 Å². The molecule has 0 spiro atoms. The highest BCUT2D eigenvalue weighted by Gasteiger charge is 2.04. The van der Waals surface area contributed by atoms with Crippen LogP contribution in [0.1, 0.15) is 0 Å². The lowest BCUT2D eigenvalue weighted by Gasteiger charge is -1.96. The van der Waals surface area contributed by atoms with Crippen molar-refractivity contribution in [2.24, 2.45) is 22.2 Å². The number of guanidine groups is 1. The van der Waals surface area contributed by atoms with Crippen LogP contribution in [0.15, 0.2) is 17.1 Å². The van der Waals surface area contributed by atoms with Crippen molar-refractivity contribution in [3.05, 3.63) is 12.2 Å². The topological polar surface area (TPSA) is 128 Å². The van der Waals surface area contributed by atoms with Crippen molar-refractivity contribution in [3.8, 4) is 0 Å². The molecule has 6 nitrogen and oxygen atoms in total. The number of nitrogens with zero attached hydrogens (tertiary/aromatic N) is 1. The molecule has 68 valence electrons. The molecule has 0 aliphatic rings. The SMILES string of the molecule is NC(N)=NCC=C[C@H](N)C(=O)O. The lowest BCUT2D eigenvalue weighted by molar-refractivity contribution is -0.137.